The van der Waals surface area contributed by atoms with E-state index in [4.69, 9.17) is 0 Å². The molecule has 1 aromatic heterocycles. The van der Waals surface area contributed by atoms with Crippen molar-refractivity contribution in [3.63, 3.8) is 0 Å². The highest BCUT2D eigenvalue weighted by atomic mass is 32.1. The zero-order chi connectivity index (χ0) is 13.5. The lowest BCUT2D eigenvalue weighted by Gasteiger charge is -2.26. The first-order valence-corrected chi connectivity index (χ1v) is 8.98. The molecule has 1 aromatic rings. The quantitative estimate of drug-likeness (QED) is 0.695. The van der Waals surface area contributed by atoms with Crippen LogP contribution in [0.15, 0.2) is 12.1 Å². The number of nitrogens with one attached hydrogen (secondary N) is 1. The largest absolute Gasteiger partial charge is 0.309 e. The van der Waals surface area contributed by atoms with Gasteiger partial charge in [-0.1, -0.05) is 39.5 Å². The van der Waals surface area contributed by atoms with E-state index in [1.54, 1.807) is 4.88 Å². The highest BCUT2D eigenvalue weighted by molar-refractivity contribution is 7.12. The molecule has 19 heavy (non-hydrogen) atoms. The first-order chi connectivity index (χ1) is 9.35. The van der Waals surface area contributed by atoms with Crippen LogP contribution >= 0.6 is 11.3 Å². The van der Waals surface area contributed by atoms with Crippen LogP contribution in [0.5, 0.6) is 0 Å². The minimum absolute atomic E-state index is 0.614. The molecular formula is C17H29NS. The molecule has 0 bridgehead atoms. The summed E-state index contributed by atoms with van der Waals surface area (Å²) < 4.78 is 0. The van der Waals surface area contributed by atoms with Gasteiger partial charge >= 0.3 is 0 Å². The molecule has 1 saturated carbocycles. The molecule has 0 amide bonds. The molecule has 1 fully saturated rings. The fourth-order valence-electron chi connectivity index (χ4n) is 3.20. The summed E-state index contributed by atoms with van der Waals surface area (Å²) in [6, 6.07) is 5.32. The van der Waals surface area contributed by atoms with Crippen molar-refractivity contribution in [2.75, 3.05) is 6.54 Å². The predicted molar refractivity (Wildman–Crippen MR) is 85.9 cm³/mol. The maximum Gasteiger partial charge on any atom is 0.0443 e. The normalized spacial score (nSPS) is 19.3. The van der Waals surface area contributed by atoms with Gasteiger partial charge in [-0.25, -0.2) is 0 Å². The van der Waals surface area contributed by atoms with Gasteiger partial charge in [0.05, 0.1) is 0 Å². The SMILES string of the molecule is CCCNC(c1ccc(CC)s1)C1CCCCCC1. The van der Waals surface area contributed by atoms with Crippen molar-refractivity contribution in [3.8, 4) is 0 Å². The third-order valence-electron chi connectivity index (χ3n) is 4.32. The molecule has 2 heteroatoms. The summed E-state index contributed by atoms with van der Waals surface area (Å²) in [7, 11) is 0. The van der Waals surface area contributed by atoms with Gasteiger partial charge in [-0.05, 0) is 50.3 Å². The molecule has 0 aromatic carbocycles. The van der Waals surface area contributed by atoms with Gasteiger partial charge in [-0.2, -0.15) is 0 Å². The van der Waals surface area contributed by atoms with E-state index in [-0.39, 0.29) is 0 Å². The molecule has 1 nitrogen and oxygen atoms in total. The number of thiophene rings is 1. The summed E-state index contributed by atoms with van der Waals surface area (Å²) in [5, 5.41) is 3.83. The summed E-state index contributed by atoms with van der Waals surface area (Å²) in [6.45, 7) is 5.68. The van der Waals surface area contributed by atoms with E-state index in [0.717, 1.165) is 12.5 Å². The average Bonchev–Trinajstić information content (AvgIpc) is 2.74. The van der Waals surface area contributed by atoms with Crippen LogP contribution in [-0.4, -0.2) is 6.54 Å². The van der Waals surface area contributed by atoms with Gasteiger partial charge in [-0.15, -0.1) is 11.3 Å². The van der Waals surface area contributed by atoms with Crippen molar-refractivity contribution in [3.05, 3.63) is 21.9 Å². The molecule has 1 heterocycles. The van der Waals surface area contributed by atoms with Crippen LogP contribution in [-0.2, 0) is 6.42 Å². The summed E-state index contributed by atoms with van der Waals surface area (Å²) in [6.07, 6.45) is 11.0. The van der Waals surface area contributed by atoms with Crippen LogP contribution in [0.25, 0.3) is 0 Å². The predicted octanol–water partition coefficient (Wildman–Crippen LogP) is 5.32. The van der Waals surface area contributed by atoms with Gasteiger partial charge < -0.3 is 5.32 Å². The van der Waals surface area contributed by atoms with Crippen molar-refractivity contribution >= 4 is 11.3 Å². The van der Waals surface area contributed by atoms with Crippen molar-refractivity contribution in [2.24, 2.45) is 5.92 Å². The first kappa shape index (κ1) is 15.1. The standard InChI is InChI=1S/C17H29NS/c1-3-13-18-17(14-9-7-5-6-8-10-14)16-12-11-15(4-2)19-16/h11-12,14,17-18H,3-10,13H2,1-2H3. The number of aryl methyl sites for hydroxylation is 1. The maximum absolute atomic E-state index is 3.83. The van der Waals surface area contributed by atoms with E-state index in [1.165, 1.54) is 56.2 Å². The Bertz CT molecular complexity index is 350. The second-order valence-electron chi connectivity index (χ2n) is 5.84. The number of hydrogen-bond donors (Lipinski definition) is 1. The molecule has 1 atom stereocenters. The Balaban J connectivity index is 2.08. The zero-order valence-corrected chi connectivity index (χ0v) is 13.4. The molecule has 1 unspecified atom stereocenters. The molecule has 0 aliphatic heterocycles. The maximum atomic E-state index is 3.83. The molecule has 2 rings (SSSR count). The van der Waals surface area contributed by atoms with E-state index in [9.17, 15) is 0 Å². The smallest absolute Gasteiger partial charge is 0.0443 e. The zero-order valence-electron chi connectivity index (χ0n) is 12.6. The third-order valence-corrected chi connectivity index (χ3v) is 5.64. The molecule has 1 N–H and O–H groups in total. The van der Waals surface area contributed by atoms with Crippen LogP contribution in [0.3, 0.4) is 0 Å². The highest BCUT2D eigenvalue weighted by Gasteiger charge is 2.24. The van der Waals surface area contributed by atoms with Gasteiger partial charge in [0.1, 0.15) is 0 Å². The van der Waals surface area contributed by atoms with Crippen LogP contribution in [0.1, 0.15) is 74.6 Å². The summed E-state index contributed by atoms with van der Waals surface area (Å²) in [4.78, 5) is 3.11. The van der Waals surface area contributed by atoms with Crippen LogP contribution in [0, 0.1) is 5.92 Å². The van der Waals surface area contributed by atoms with E-state index >= 15 is 0 Å². The van der Waals surface area contributed by atoms with Gasteiger partial charge in [0.2, 0.25) is 0 Å². The van der Waals surface area contributed by atoms with Gasteiger partial charge in [0.25, 0.3) is 0 Å². The number of rotatable bonds is 6. The summed E-state index contributed by atoms with van der Waals surface area (Å²) >= 11 is 2.03. The van der Waals surface area contributed by atoms with E-state index in [2.05, 4.69) is 31.3 Å². The fourth-order valence-corrected chi connectivity index (χ4v) is 4.32. The van der Waals surface area contributed by atoms with Gasteiger partial charge in [-0.3, -0.25) is 0 Å². The monoisotopic (exact) mass is 279 g/mol. The Morgan fingerprint density at radius 1 is 1.16 bits per heavy atom. The van der Waals surface area contributed by atoms with Crippen molar-refractivity contribution < 1.29 is 0 Å². The molecule has 1 aliphatic rings. The Morgan fingerprint density at radius 2 is 1.89 bits per heavy atom. The molecule has 1 aliphatic carbocycles. The lowest BCUT2D eigenvalue weighted by atomic mass is 9.90. The van der Waals surface area contributed by atoms with E-state index in [1.807, 2.05) is 11.3 Å². The molecule has 0 spiro atoms. The Labute approximate surface area is 122 Å². The lowest BCUT2D eigenvalue weighted by Crippen LogP contribution is -2.28. The molecule has 108 valence electrons. The van der Waals surface area contributed by atoms with Crippen molar-refractivity contribution in [1.29, 1.82) is 0 Å². The molecule has 0 radical (unpaired) electrons. The second-order valence-corrected chi connectivity index (χ2v) is 7.04. The van der Waals surface area contributed by atoms with E-state index < -0.39 is 0 Å². The summed E-state index contributed by atoms with van der Waals surface area (Å²) in [5.41, 5.74) is 0. The lowest BCUT2D eigenvalue weighted by molar-refractivity contribution is 0.330. The average molecular weight is 279 g/mol. The highest BCUT2D eigenvalue weighted by Crippen LogP contribution is 2.36. The molecular weight excluding hydrogens is 250 g/mol. The van der Waals surface area contributed by atoms with E-state index in [0.29, 0.717) is 6.04 Å². The van der Waals surface area contributed by atoms with Crippen LogP contribution in [0.2, 0.25) is 0 Å². The minimum Gasteiger partial charge on any atom is -0.309 e. The Kier molecular flexibility index (Phi) is 6.39. The van der Waals surface area contributed by atoms with Crippen molar-refractivity contribution in [2.45, 2.75) is 71.3 Å². The van der Waals surface area contributed by atoms with Crippen LogP contribution < -0.4 is 5.32 Å². The third kappa shape index (κ3) is 4.32. The fraction of sp³-hybridized carbons (Fsp3) is 0.765. The van der Waals surface area contributed by atoms with Crippen molar-refractivity contribution in [1.82, 2.24) is 5.32 Å². The van der Waals surface area contributed by atoms with Crippen LogP contribution in [0.4, 0.5) is 0 Å². The Hall–Kier alpha value is -0.340. The molecule has 0 saturated heterocycles. The second kappa shape index (κ2) is 8.06. The summed E-state index contributed by atoms with van der Waals surface area (Å²) in [5.74, 6) is 0.859. The topological polar surface area (TPSA) is 12.0 Å². The van der Waals surface area contributed by atoms with Gasteiger partial charge in [0.15, 0.2) is 0 Å². The first-order valence-electron chi connectivity index (χ1n) is 8.17. The van der Waals surface area contributed by atoms with Gasteiger partial charge in [0, 0.05) is 15.8 Å². The Morgan fingerprint density at radius 3 is 2.47 bits per heavy atom. The minimum atomic E-state index is 0.614. The number of hydrogen-bond acceptors (Lipinski definition) is 2.